The van der Waals surface area contributed by atoms with Gasteiger partial charge in [-0.2, -0.15) is 5.26 Å². The van der Waals surface area contributed by atoms with E-state index in [4.69, 9.17) is 5.26 Å². The molecule has 0 spiro atoms. The summed E-state index contributed by atoms with van der Waals surface area (Å²) in [5, 5.41) is 8.73. The lowest BCUT2D eigenvalue weighted by molar-refractivity contribution is 1.18. The fourth-order valence-corrected chi connectivity index (χ4v) is 2.94. The Labute approximate surface area is 103 Å². The Balaban J connectivity index is 3.54. The number of nitriles is 1. The summed E-state index contributed by atoms with van der Waals surface area (Å²) in [7, 11) is 0. The minimum atomic E-state index is 0.477. The van der Waals surface area contributed by atoms with E-state index >= 15 is 0 Å². The molecule has 0 aromatic carbocycles. The Morgan fingerprint density at radius 1 is 1.00 bits per heavy atom. The van der Waals surface area contributed by atoms with E-state index in [0.717, 1.165) is 4.47 Å². The number of halogens is 4. The summed E-state index contributed by atoms with van der Waals surface area (Å²) < 4.78 is 2.60. The SMILES string of the molecule is N#Cc1c(Br)nc(Br)c(Br)c1Br. The highest BCUT2D eigenvalue weighted by molar-refractivity contribution is 9.14. The van der Waals surface area contributed by atoms with Crippen LogP contribution in [0.5, 0.6) is 0 Å². The molecule has 1 aromatic rings. The molecule has 0 bridgehead atoms. The first kappa shape index (κ1) is 10.6. The van der Waals surface area contributed by atoms with Crippen molar-refractivity contribution in [3.8, 4) is 6.07 Å². The highest BCUT2D eigenvalue weighted by atomic mass is 79.9. The molecular formula is C6Br4N2. The Morgan fingerprint density at radius 2 is 1.58 bits per heavy atom. The van der Waals surface area contributed by atoms with Crippen molar-refractivity contribution < 1.29 is 0 Å². The zero-order valence-electron chi connectivity index (χ0n) is 5.41. The Hall–Kier alpha value is 0.560. The van der Waals surface area contributed by atoms with Crippen LogP contribution >= 0.6 is 63.7 Å². The van der Waals surface area contributed by atoms with Crippen molar-refractivity contribution in [2.45, 2.75) is 0 Å². The lowest BCUT2D eigenvalue weighted by atomic mass is 10.3. The molecule has 1 aromatic heterocycles. The number of nitrogens with zero attached hydrogens (tertiary/aromatic N) is 2. The molecule has 0 fully saturated rings. The summed E-state index contributed by atoms with van der Waals surface area (Å²) in [5.74, 6) is 0. The van der Waals surface area contributed by atoms with E-state index in [9.17, 15) is 0 Å². The normalized spacial score (nSPS) is 9.58. The molecule has 0 atom stereocenters. The summed E-state index contributed by atoms with van der Waals surface area (Å²) in [5.41, 5.74) is 0.477. The van der Waals surface area contributed by atoms with E-state index in [0.29, 0.717) is 19.2 Å². The molecule has 0 saturated heterocycles. The average molecular weight is 420 g/mol. The van der Waals surface area contributed by atoms with Gasteiger partial charge in [-0.3, -0.25) is 0 Å². The zero-order valence-corrected chi connectivity index (χ0v) is 11.8. The molecule has 12 heavy (non-hydrogen) atoms. The molecular weight excluding hydrogens is 420 g/mol. The van der Waals surface area contributed by atoms with Crippen LogP contribution in [0.2, 0.25) is 0 Å². The Kier molecular flexibility index (Phi) is 3.71. The molecule has 1 heterocycles. The third kappa shape index (κ3) is 1.90. The number of hydrogen-bond donors (Lipinski definition) is 0. The van der Waals surface area contributed by atoms with Crippen LogP contribution in [0.15, 0.2) is 18.2 Å². The summed E-state index contributed by atoms with van der Waals surface area (Å²) in [6, 6.07) is 2.02. The van der Waals surface area contributed by atoms with Gasteiger partial charge in [-0.25, -0.2) is 4.98 Å². The Bertz CT molecular complexity index is 369. The third-order valence-electron chi connectivity index (χ3n) is 1.11. The van der Waals surface area contributed by atoms with Crippen LogP contribution in [-0.4, -0.2) is 4.98 Å². The van der Waals surface area contributed by atoms with Crippen LogP contribution < -0.4 is 0 Å². The summed E-state index contributed by atoms with van der Waals surface area (Å²) in [6.45, 7) is 0. The van der Waals surface area contributed by atoms with Crippen LogP contribution in [0.25, 0.3) is 0 Å². The second-order valence-electron chi connectivity index (χ2n) is 1.81. The van der Waals surface area contributed by atoms with Gasteiger partial charge in [-0.15, -0.1) is 0 Å². The lowest BCUT2D eigenvalue weighted by Crippen LogP contribution is -1.88. The lowest BCUT2D eigenvalue weighted by Gasteiger charge is -2.02. The second kappa shape index (κ2) is 4.18. The number of hydrogen-bond acceptors (Lipinski definition) is 2. The highest BCUT2D eigenvalue weighted by Crippen LogP contribution is 2.35. The van der Waals surface area contributed by atoms with Gasteiger partial charge in [-0.1, -0.05) is 0 Å². The van der Waals surface area contributed by atoms with Crippen LogP contribution in [0, 0.1) is 11.3 Å². The van der Waals surface area contributed by atoms with Gasteiger partial charge >= 0.3 is 0 Å². The van der Waals surface area contributed by atoms with Crippen molar-refractivity contribution in [2.75, 3.05) is 0 Å². The largest absolute Gasteiger partial charge is 0.231 e. The van der Waals surface area contributed by atoms with Gasteiger partial charge in [0.05, 0.1) is 8.95 Å². The molecule has 0 aliphatic rings. The highest BCUT2D eigenvalue weighted by Gasteiger charge is 2.12. The van der Waals surface area contributed by atoms with Gasteiger partial charge in [0.2, 0.25) is 0 Å². The zero-order chi connectivity index (χ0) is 9.30. The fraction of sp³-hybridized carbons (Fsp3) is 0. The summed E-state index contributed by atoms with van der Waals surface area (Å²) in [6.07, 6.45) is 0. The maximum atomic E-state index is 8.73. The first-order chi connectivity index (χ1) is 5.57. The van der Waals surface area contributed by atoms with Gasteiger partial charge in [0.25, 0.3) is 0 Å². The van der Waals surface area contributed by atoms with Crippen molar-refractivity contribution in [1.29, 1.82) is 5.26 Å². The summed E-state index contributed by atoms with van der Waals surface area (Å²) >= 11 is 13.0. The molecule has 6 heteroatoms. The van der Waals surface area contributed by atoms with E-state index in [1.807, 2.05) is 6.07 Å². The molecule has 0 radical (unpaired) electrons. The van der Waals surface area contributed by atoms with Crippen molar-refractivity contribution in [3.63, 3.8) is 0 Å². The Morgan fingerprint density at radius 3 is 2.08 bits per heavy atom. The molecule has 62 valence electrons. The van der Waals surface area contributed by atoms with Crippen LogP contribution in [0.3, 0.4) is 0 Å². The average Bonchev–Trinajstić information content (AvgIpc) is 2.01. The van der Waals surface area contributed by atoms with E-state index < -0.39 is 0 Å². The smallest absolute Gasteiger partial charge is 0.126 e. The van der Waals surface area contributed by atoms with Crippen LogP contribution in [0.4, 0.5) is 0 Å². The fourth-order valence-electron chi connectivity index (χ4n) is 0.577. The van der Waals surface area contributed by atoms with Crippen molar-refractivity contribution in [3.05, 3.63) is 23.7 Å². The molecule has 0 saturated carbocycles. The maximum Gasteiger partial charge on any atom is 0.126 e. The molecule has 1 rings (SSSR count). The van der Waals surface area contributed by atoms with Gasteiger partial charge in [0, 0.05) is 0 Å². The first-order valence-corrected chi connectivity index (χ1v) is 5.85. The van der Waals surface area contributed by atoms with Crippen molar-refractivity contribution in [1.82, 2.24) is 4.98 Å². The van der Waals surface area contributed by atoms with Crippen LogP contribution in [0.1, 0.15) is 5.56 Å². The van der Waals surface area contributed by atoms with Gasteiger partial charge < -0.3 is 0 Å². The van der Waals surface area contributed by atoms with Crippen LogP contribution in [-0.2, 0) is 0 Å². The molecule has 0 aliphatic heterocycles. The van der Waals surface area contributed by atoms with Gasteiger partial charge in [0.1, 0.15) is 20.8 Å². The maximum absolute atomic E-state index is 8.73. The molecule has 0 N–H and O–H groups in total. The first-order valence-electron chi connectivity index (χ1n) is 2.68. The molecule has 0 amide bonds. The minimum Gasteiger partial charge on any atom is -0.231 e. The predicted molar refractivity (Wildman–Crippen MR) is 59.8 cm³/mol. The van der Waals surface area contributed by atoms with Crippen molar-refractivity contribution >= 4 is 63.7 Å². The third-order valence-corrected chi connectivity index (χ3v) is 4.88. The second-order valence-corrected chi connectivity index (χ2v) is 4.90. The van der Waals surface area contributed by atoms with Crippen molar-refractivity contribution in [2.24, 2.45) is 0 Å². The topological polar surface area (TPSA) is 36.7 Å². The molecule has 0 aliphatic carbocycles. The van der Waals surface area contributed by atoms with E-state index in [1.165, 1.54) is 0 Å². The van der Waals surface area contributed by atoms with Gasteiger partial charge in [0.15, 0.2) is 0 Å². The van der Waals surface area contributed by atoms with Gasteiger partial charge in [-0.05, 0) is 63.7 Å². The quantitative estimate of drug-likeness (QED) is 0.596. The molecule has 2 nitrogen and oxygen atoms in total. The predicted octanol–water partition coefficient (Wildman–Crippen LogP) is 4.00. The number of rotatable bonds is 0. The monoisotopic (exact) mass is 416 g/mol. The van der Waals surface area contributed by atoms with E-state index in [1.54, 1.807) is 0 Å². The number of aromatic nitrogens is 1. The van der Waals surface area contributed by atoms with E-state index in [-0.39, 0.29) is 0 Å². The van der Waals surface area contributed by atoms with E-state index in [2.05, 4.69) is 68.7 Å². The number of pyridine rings is 1. The minimum absolute atomic E-state index is 0.477. The standard InChI is InChI=1S/C6Br4N2/c7-3-2(1-11)5(9)12-6(10)4(3)8. The summed E-state index contributed by atoms with van der Waals surface area (Å²) in [4.78, 5) is 4.04. The molecule has 0 unspecified atom stereocenters.